The van der Waals surface area contributed by atoms with E-state index in [9.17, 15) is 9.59 Å². The van der Waals surface area contributed by atoms with Crippen LogP contribution in [-0.4, -0.2) is 34.2 Å². The van der Waals surface area contributed by atoms with Crippen LogP contribution in [0, 0.1) is 12.8 Å². The third-order valence-electron chi connectivity index (χ3n) is 6.20. The van der Waals surface area contributed by atoms with Gasteiger partial charge in [-0.3, -0.25) is 9.59 Å². The first-order valence-corrected chi connectivity index (χ1v) is 11.6. The molecule has 31 heavy (non-hydrogen) atoms. The summed E-state index contributed by atoms with van der Waals surface area (Å²) in [5.41, 5.74) is 1.06. The number of furan rings is 1. The van der Waals surface area contributed by atoms with Gasteiger partial charge in [0.1, 0.15) is 11.5 Å². The fourth-order valence-electron chi connectivity index (χ4n) is 4.37. The zero-order chi connectivity index (χ0) is 22.2. The fraction of sp³-hybridized carbons (Fsp3) is 0.538. The maximum Gasteiger partial charge on any atom is 0.242 e. The Kier molecular flexibility index (Phi) is 8.33. The van der Waals surface area contributed by atoms with Crippen LogP contribution in [0.3, 0.4) is 0 Å². The number of nitrogens with zero attached hydrogens (tertiary/aromatic N) is 2. The highest BCUT2D eigenvalue weighted by Crippen LogP contribution is 2.28. The smallest absolute Gasteiger partial charge is 0.242 e. The van der Waals surface area contributed by atoms with Crippen molar-refractivity contribution in [2.24, 2.45) is 5.92 Å². The van der Waals surface area contributed by atoms with Crippen molar-refractivity contribution in [1.82, 2.24) is 9.80 Å². The molecule has 0 spiro atoms. The SMILES string of the molecule is Cc1ccc(CN(Cc2ccccc2)C(=O)CN(C(=O)CCC2CCCC2)C(C)C)o1. The number of hydrogen-bond donors (Lipinski definition) is 0. The summed E-state index contributed by atoms with van der Waals surface area (Å²) in [4.78, 5) is 29.8. The molecule has 2 amide bonds. The molecule has 3 rings (SSSR count). The highest BCUT2D eigenvalue weighted by molar-refractivity contribution is 5.85. The lowest BCUT2D eigenvalue weighted by Crippen LogP contribution is -2.45. The minimum Gasteiger partial charge on any atom is -0.464 e. The van der Waals surface area contributed by atoms with E-state index >= 15 is 0 Å². The predicted molar refractivity (Wildman–Crippen MR) is 122 cm³/mol. The zero-order valence-corrected chi connectivity index (χ0v) is 19.2. The molecule has 1 fully saturated rings. The molecule has 0 atom stereocenters. The molecule has 5 heteroatoms. The summed E-state index contributed by atoms with van der Waals surface area (Å²) in [7, 11) is 0. The summed E-state index contributed by atoms with van der Waals surface area (Å²) < 4.78 is 5.72. The standard InChI is InChI=1S/C26H36N2O3/c1-20(2)28(25(29)16-14-22-9-7-8-10-22)19-26(30)27(17-23-11-5-4-6-12-23)18-24-15-13-21(3)31-24/h4-6,11-13,15,20,22H,7-10,14,16-19H2,1-3H3. The van der Waals surface area contributed by atoms with Gasteiger partial charge in [0, 0.05) is 19.0 Å². The molecule has 1 saturated carbocycles. The van der Waals surface area contributed by atoms with E-state index < -0.39 is 0 Å². The normalized spacial score (nSPS) is 14.2. The van der Waals surface area contributed by atoms with Crippen LogP contribution < -0.4 is 0 Å². The third kappa shape index (κ3) is 6.98. The molecular formula is C26H36N2O3. The Labute approximate surface area is 186 Å². The van der Waals surface area contributed by atoms with Gasteiger partial charge in [0.25, 0.3) is 0 Å². The molecule has 0 saturated heterocycles. The van der Waals surface area contributed by atoms with Crippen LogP contribution >= 0.6 is 0 Å². The number of benzene rings is 1. The zero-order valence-electron chi connectivity index (χ0n) is 19.2. The Morgan fingerprint density at radius 3 is 2.32 bits per heavy atom. The average Bonchev–Trinajstić information content (AvgIpc) is 3.41. The maximum absolute atomic E-state index is 13.3. The summed E-state index contributed by atoms with van der Waals surface area (Å²) in [6.07, 6.45) is 6.52. The Hall–Kier alpha value is -2.56. The molecule has 0 unspecified atom stereocenters. The summed E-state index contributed by atoms with van der Waals surface area (Å²) >= 11 is 0. The second-order valence-electron chi connectivity index (χ2n) is 9.05. The number of carbonyl (C=O) groups excluding carboxylic acids is 2. The Morgan fingerprint density at radius 2 is 1.71 bits per heavy atom. The van der Waals surface area contributed by atoms with E-state index in [4.69, 9.17) is 4.42 Å². The number of amides is 2. The van der Waals surface area contributed by atoms with Crippen molar-refractivity contribution in [2.45, 2.75) is 78.4 Å². The molecule has 0 N–H and O–H groups in total. The lowest BCUT2D eigenvalue weighted by atomic mass is 10.0. The van der Waals surface area contributed by atoms with Crippen molar-refractivity contribution in [3.05, 3.63) is 59.5 Å². The number of hydrogen-bond acceptors (Lipinski definition) is 3. The van der Waals surface area contributed by atoms with E-state index in [1.54, 1.807) is 9.80 Å². The molecule has 0 aliphatic heterocycles. The topological polar surface area (TPSA) is 53.8 Å². The van der Waals surface area contributed by atoms with Crippen LogP contribution in [0.1, 0.15) is 69.5 Å². The predicted octanol–water partition coefficient (Wildman–Crippen LogP) is 5.32. The van der Waals surface area contributed by atoms with Crippen LogP contribution in [0.25, 0.3) is 0 Å². The number of carbonyl (C=O) groups is 2. The summed E-state index contributed by atoms with van der Waals surface area (Å²) in [6.45, 7) is 6.85. The lowest BCUT2D eigenvalue weighted by molar-refractivity contribution is -0.143. The van der Waals surface area contributed by atoms with Gasteiger partial charge in [-0.25, -0.2) is 0 Å². The molecule has 1 heterocycles. The van der Waals surface area contributed by atoms with Crippen LogP contribution in [0.4, 0.5) is 0 Å². The number of aryl methyl sites for hydroxylation is 1. The molecule has 168 valence electrons. The van der Waals surface area contributed by atoms with Crippen molar-refractivity contribution >= 4 is 11.8 Å². The summed E-state index contributed by atoms with van der Waals surface area (Å²) in [5, 5.41) is 0. The second kappa shape index (κ2) is 11.2. The minimum absolute atomic E-state index is 0.00976. The lowest BCUT2D eigenvalue weighted by Gasteiger charge is -2.30. The summed E-state index contributed by atoms with van der Waals surface area (Å²) in [6, 6.07) is 13.8. The Balaban J connectivity index is 1.67. The van der Waals surface area contributed by atoms with E-state index in [0.717, 1.165) is 23.5 Å². The number of rotatable bonds is 10. The summed E-state index contributed by atoms with van der Waals surface area (Å²) in [5.74, 6) is 2.29. The van der Waals surface area contributed by atoms with Crippen LogP contribution in [0.15, 0.2) is 46.9 Å². The van der Waals surface area contributed by atoms with Gasteiger partial charge in [0.2, 0.25) is 11.8 Å². The van der Waals surface area contributed by atoms with Gasteiger partial charge in [-0.15, -0.1) is 0 Å². The van der Waals surface area contributed by atoms with E-state index in [0.29, 0.717) is 25.4 Å². The van der Waals surface area contributed by atoms with Crippen molar-refractivity contribution < 1.29 is 14.0 Å². The van der Waals surface area contributed by atoms with Gasteiger partial charge < -0.3 is 14.2 Å². The van der Waals surface area contributed by atoms with Crippen molar-refractivity contribution in [3.8, 4) is 0 Å². The van der Waals surface area contributed by atoms with Gasteiger partial charge >= 0.3 is 0 Å². The van der Waals surface area contributed by atoms with E-state index in [-0.39, 0.29) is 24.4 Å². The highest BCUT2D eigenvalue weighted by Gasteiger charge is 2.25. The molecule has 1 aromatic heterocycles. The van der Waals surface area contributed by atoms with Gasteiger partial charge in [-0.1, -0.05) is 56.0 Å². The Bertz CT molecular complexity index is 837. The molecule has 0 radical (unpaired) electrons. The monoisotopic (exact) mass is 424 g/mol. The fourth-order valence-corrected chi connectivity index (χ4v) is 4.37. The second-order valence-corrected chi connectivity index (χ2v) is 9.05. The van der Waals surface area contributed by atoms with Crippen molar-refractivity contribution in [3.63, 3.8) is 0 Å². The van der Waals surface area contributed by atoms with Gasteiger partial charge in [-0.2, -0.15) is 0 Å². The first-order chi connectivity index (χ1) is 14.9. The van der Waals surface area contributed by atoms with Crippen LogP contribution in [0.5, 0.6) is 0 Å². The first-order valence-electron chi connectivity index (χ1n) is 11.6. The van der Waals surface area contributed by atoms with E-state index in [1.807, 2.05) is 63.2 Å². The van der Waals surface area contributed by atoms with Crippen molar-refractivity contribution in [1.29, 1.82) is 0 Å². The molecule has 5 nitrogen and oxygen atoms in total. The van der Waals surface area contributed by atoms with Gasteiger partial charge in [0.15, 0.2) is 0 Å². The van der Waals surface area contributed by atoms with Gasteiger partial charge in [0.05, 0.1) is 13.1 Å². The van der Waals surface area contributed by atoms with Crippen LogP contribution in [-0.2, 0) is 22.7 Å². The van der Waals surface area contributed by atoms with E-state index in [1.165, 1.54) is 25.7 Å². The van der Waals surface area contributed by atoms with E-state index in [2.05, 4.69) is 0 Å². The minimum atomic E-state index is -0.0548. The third-order valence-corrected chi connectivity index (χ3v) is 6.20. The maximum atomic E-state index is 13.3. The van der Waals surface area contributed by atoms with Crippen LogP contribution in [0.2, 0.25) is 0 Å². The van der Waals surface area contributed by atoms with Gasteiger partial charge in [-0.05, 0) is 50.8 Å². The largest absolute Gasteiger partial charge is 0.464 e. The Morgan fingerprint density at radius 1 is 1.00 bits per heavy atom. The molecule has 1 aliphatic rings. The quantitative estimate of drug-likeness (QED) is 0.518. The molecule has 2 aromatic rings. The van der Waals surface area contributed by atoms with Crippen molar-refractivity contribution in [2.75, 3.05) is 6.54 Å². The average molecular weight is 425 g/mol. The first kappa shape index (κ1) is 23.1. The molecule has 1 aromatic carbocycles. The molecule has 1 aliphatic carbocycles. The highest BCUT2D eigenvalue weighted by atomic mass is 16.3. The molecule has 0 bridgehead atoms. The molecular weight excluding hydrogens is 388 g/mol.